The number of hydrogen-bond acceptors (Lipinski definition) is 3. The third-order valence-corrected chi connectivity index (χ3v) is 8.57. The van der Waals surface area contributed by atoms with E-state index in [9.17, 15) is 22.4 Å². The number of halogens is 4. The zero-order valence-electron chi connectivity index (χ0n) is 21.8. The van der Waals surface area contributed by atoms with E-state index in [0.717, 1.165) is 48.7 Å². The summed E-state index contributed by atoms with van der Waals surface area (Å²) < 4.78 is 53.0. The van der Waals surface area contributed by atoms with Crippen LogP contribution < -0.4 is 10.4 Å². The largest absolute Gasteiger partial charge is 0.416 e. The van der Waals surface area contributed by atoms with E-state index in [4.69, 9.17) is 0 Å². The predicted octanol–water partition coefficient (Wildman–Crippen LogP) is 6.77. The predicted molar refractivity (Wildman–Crippen MR) is 142 cm³/mol. The van der Waals surface area contributed by atoms with Crippen LogP contribution in [0.3, 0.4) is 0 Å². The van der Waals surface area contributed by atoms with Gasteiger partial charge in [0, 0.05) is 30.8 Å². The Kier molecular flexibility index (Phi) is 6.52. The van der Waals surface area contributed by atoms with Gasteiger partial charge in [0.2, 0.25) is 5.91 Å². The Bertz CT molecular complexity index is 1370. The van der Waals surface area contributed by atoms with Crippen molar-refractivity contribution in [2.75, 3.05) is 18.1 Å². The number of fused-ring (bicyclic) bond motifs is 1. The van der Waals surface area contributed by atoms with Crippen LogP contribution in [0.5, 0.6) is 0 Å². The summed E-state index contributed by atoms with van der Waals surface area (Å²) in [6.07, 6.45) is 3.65. The highest BCUT2D eigenvalue weighted by Crippen LogP contribution is 2.48. The highest BCUT2D eigenvalue weighted by atomic mass is 19.4. The standard InChI is InChI=1S/C31H31F4N3O/c1-19-27-17-36-38(25-10-8-24(32)9-11-25)28(27)16-22-7-12-26(29(19)22)30(39)37-13-3-5-21(18-37)14-20-4-2-6-23(15-20)31(33,34)35/h2,4,6,8-11,15-17,19,21,26,36H,3,5,7,12-14,18H2,1H3/t19-,21?,26-/m0/s1. The zero-order valence-corrected chi connectivity index (χ0v) is 21.8. The number of amides is 1. The maximum Gasteiger partial charge on any atom is 0.416 e. The molecule has 1 N–H and O–H groups in total. The van der Waals surface area contributed by atoms with E-state index in [1.165, 1.54) is 35.4 Å². The van der Waals surface area contributed by atoms with Gasteiger partial charge in [-0.15, -0.1) is 0 Å². The SMILES string of the molecule is C[C@H]1C2=CNN(c3ccc(F)cc3)C2=CC2=C1[C@@H](C(=O)N1CCCC(Cc3cccc(C(F)(F)F)c3)C1)CC2. The van der Waals surface area contributed by atoms with Crippen molar-refractivity contribution in [3.8, 4) is 0 Å². The van der Waals surface area contributed by atoms with E-state index < -0.39 is 11.7 Å². The molecule has 8 heteroatoms. The minimum atomic E-state index is -4.36. The van der Waals surface area contributed by atoms with Crippen LogP contribution in [0.25, 0.3) is 0 Å². The second-order valence-electron chi connectivity index (χ2n) is 11.1. The Labute approximate surface area is 225 Å². The Morgan fingerprint density at radius 3 is 2.67 bits per heavy atom. The number of anilines is 1. The second-order valence-corrected chi connectivity index (χ2v) is 11.1. The van der Waals surface area contributed by atoms with Gasteiger partial charge in [0.1, 0.15) is 5.82 Å². The Hall–Kier alpha value is -3.55. The molecule has 6 rings (SSSR count). The average molecular weight is 538 g/mol. The molecule has 39 heavy (non-hydrogen) atoms. The quantitative estimate of drug-likeness (QED) is 0.437. The second kappa shape index (κ2) is 9.88. The van der Waals surface area contributed by atoms with Gasteiger partial charge >= 0.3 is 6.18 Å². The Morgan fingerprint density at radius 1 is 1.10 bits per heavy atom. The van der Waals surface area contributed by atoms with Gasteiger partial charge in [0.25, 0.3) is 0 Å². The molecule has 1 unspecified atom stereocenters. The van der Waals surface area contributed by atoms with Crippen LogP contribution in [0.2, 0.25) is 0 Å². The van der Waals surface area contributed by atoms with Crippen LogP contribution in [-0.2, 0) is 17.4 Å². The van der Waals surface area contributed by atoms with Gasteiger partial charge in [-0.2, -0.15) is 13.2 Å². The average Bonchev–Trinajstić information content (AvgIpc) is 3.54. The number of alkyl halides is 3. The molecule has 3 atom stereocenters. The topological polar surface area (TPSA) is 35.6 Å². The van der Waals surface area contributed by atoms with Crippen LogP contribution in [0.4, 0.5) is 23.2 Å². The molecule has 4 aliphatic rings. The van der Waals surface area contributed by atoms with E-state index in [0.29, 0.717) is 25.1 Å². The molecule has 0 aromatic heterocycles. The number of carbonyl (C=O) groups excluding carboxylic acids is 1. The van der Waals surface area contributed by atoms with E-state index in [-0.39, 0.29) is 29.5 Å². The summed E-state index contributed by atoms with van der Waals surface area (Å²) in [5.41, 5.74) is 8.69. The van der Waals surface area contributed by atoms with Crippen molar-refractivity contribution in [3.05, 3.63) is 100 Å². The summed E-state index contributed by atoms with van der Waals surface area (Å²) in [5, 5.41) is 1.95. The molecule has 0 saturated carbocycles. The lowest BCUT2D eigenvalue weighted by atomic mass is 9.79. The zero-order chi connectivity index (χ0) is 27.3. The third kappa shape index (κ3) is 4.85. The summed E-state index contributed by atoms with van der Waals surface area (Å²) in [6, 6.07) is 11.9. The van der Waals surface area contributed by atoms with Gasteiger partial charge in [-0.05, 0) is 91.1 Å². The number of hydrazine groups is 1. The van der Waals surface area contributed by atoms with Crippen LogP contribution >= 0.6 is 0 Å². The minimum absolute atomic E-state index is 0.0695. The molecule has 2 aliphatic heterocycles. The molecule has 0 radical (unpaired) electrons. The monoisotopic (exact) mass is 537 g/mol. The molecular formula is C31H31F4N3O. The fourth-order valence-electron chi connectivity index (χ4n) is 6.71. The normalized spacial score (nSPS) is 24.7. The van der Waals surface area contributed by atoms with Crippen LogP contribution in [-0.4, -0.2) is 23.9 Å². The lowest BCUT2D eigenvalue weighted by Gasteiger charge is -2.36. The number of rotatable bonds is 4. The van der Waals surface area contributed by atoms with Crippen LogP contribution in [0.1, 0.15) is 43.7 Å². The van der Waals surface area contributed by atoms with E-state index in [1.54, 1.807) is 18.2 Å². The van der Waals surface area contributed by atoms with Crippen molar-refractivity contribution in [1.29, 1.82) is 0 Å². The van der Waals surface area contributed by atoms with Crippen LogP contribution in [0.15, 0.2) is 83.2 Å². The molecule has 0 spiro atoms. The summed E-state index contributed by atoms with van der Waals surface area (Å²) >= 11 is 0. The van der Waals surface area contributed by atoms with Gasteiger partial charge in [-0.3, -0.25) is 9.80 Å². The van der Waals surface area contributed by atoms with Gasteiger partial charge in [-0.1, -0.05) is 25.1 Å². The fraction of sp³-hybridized carbons (Fsp3) is 0.387. The molecule has 204 valence electrons. The molecule has 1 fully saturated rings. The Morgan fingerprint density at radius 2 is 1.90 bits per heavy atom. The highest BCUT2D eigenvalue weighted by Gasteiger charge is 2.42. The molecule has 2 aliphatic carbocycles. The van der Waals surface area contributed by atoms with Crippen molar-refractivity contribution in [2.45, 2.75) is 45.2 Å². The number of likely N-dealkylation sites (tertiary alicyclic amines) is 1. The summed E-state index contributed by atoms with van der Waals surface area (Å²) in [5.74, 6) is -0.114. The third-order valence-electron chi connectivity index (χ3n) is 8.57. The van der Waals surface area contributed by atoms with Crippen molar-refractivity contribution in [3.63, 3.8) is 0 Å². The molecule has 2 aromatic rings. The van der Waals surface area contributed by atoms with Crippen molar-refractivity contribution in [1.82, 2.24) is 10.3 Å². The van der Waals surface area contributed by atoms with Gasteiger partial charge in [-0.25, -0.2) is 4.39 Å². The molecule has 2 aromatic carbocycles. The number of nitrogens with zero attached hydrogens (tertiary/aromatic N) is 2. The molecular weight excluding hydrogens is 506 g/mol. The first-order valence-electron chi connectivity index (χ1n) is 13.6. The van der Waals surface area contributed by atoms with Crippen molar-refractivity contribution >= 4 is 11.6 Å². The smallest absolute Gasteiger partial charge is 0.342 e. The van der Waals surface area contributed by atoms with Crippen molar-refractivity contribution in [2.24, 2.45) is 17.8 Å². The summed E-state index contributed by atoms with van der Waals surface area (Å²) in [6.45, 7) is 3.41. The van der Waals surface area contributed by atoms with Crippen LogP contribution in [0, 0.1) is 23.6 Å². The fourth-order valence-corrected chi connectivity index (χ4v) is 6.71. The first-order valence-corrected chi connectivity index (χ1v) is 13.6. The number of nitrogens with one attached hydrogen (secondary N) is 1. The lowest BCUT2D eigenvalue weighted by Crippen LogP contribution is -2.44. The molecule has 1 saturated heterocycles. The summed E-state index contributed by atoms with van der Waals surface area (Å²) in [7, 11) is 0. The number of allylic oxidation sites excluding steroid dienone is 3. The molecule has 4 nitrogen and oxygen atoms in total. The maximum absolute atomic E-state index is 13.8. The van der Waals surface area contributed by atoms with Gasteiger partial charge < -0.3 is 10.3 Å². The van der Waals surface area contributed by atoms with Crippen molar-refractivity contribution < 1.29 is 22.4 Å². The van der Waals surface area contributed by atoms with Gasteiger partial charge in [0.05, 0.1) is 22.9 Å². The number of carbonyl (C=O) groups is 1. The number of benzene rings is 2. The molecule has 0 bridgehead atoms. The first-order chi connectivity index (χ1) is 18.7. The van der Waals surface area contributed by atoms with E-state index >= 15 is 0 Å². The van der Waals surface area contributed by atoms with E-state index in [2.05, 4.69) is 18.4 Å². The number of hydrogen-bond donors (Lipinski definition) is 1. The molecule has 2 heterocycles. The molecule has 1 amide bonds. The Balaban J connectivity index is 1.18. The summed E-state index contributed by atoms with van der Waals surface area (Å²) in [4.78, 5) is 15.8. The highest BCUT2D eigenvalue weighted by molar-refractivity contribution is 5.84. The first kappa shape index (κ1) is 25.7. The van der Waals surface area contributed by atoms with E-state index in [1.807, 2.05) is 16.1 Å². The maximum atomic E-state index is 13.8. The number of piperidine rings is 1. The minimum Gasteiger partial charge on any atom is -0.342 e. The lowest BCUT2D eigenvalue weighted by molar-refractivity contribution is -0.137. The van der Waals surface area contributed by atoms with Gasteiger partial charge in [0.15, 0.2) is 0 Å².